The van der Waals surface area contributed by atoms with Crippen molar-refractivity contribution in [1.82, 2.24) is 0 Å². The average Bonchev–Trinajstić information content (AvgIpc) is 2.27. The fraction of sp³-hybridized carbons (Fsp3) is 0.462. The molecule has 0 heterocycles. The van der Waals surface area contributed by atoms with Crippen LogP contribution in [0.5, 0.6) is 0 Å². The molecule has 0 spiro atoms. The molecule has 5 heteroatoms. The van der Waals surface area contributed by atoms with Crippen molar-refractivity contribution in [2.45, 2.75) is 26.4 Å². The molecule has 2 nitrogen and oxygen atoms in total. The Hall–Kier alpha value is -1.36. The molecule has 2 N–H and O–H groups in total. The van der Waals surface area contributed by atoms with Gasteiger partial charge >= 0.3 is 6.18 Å². The molecule has 0 fully saturated rings. The van der Waals surface area contributed by atoms with E-state index in [9.17, 15) is 18.0 Å². The highest BCUT2D eigenvalue weighted by Gasteiger charge is 2.31. The molecular formula is C13H16F3NO. The van der Waals surface area contributed by atoms with Gasteiger partial charge in [0, 0.05) is 12.0 Å². The minimum absolute atomic E-state index is 0.0753. The molecule has 0 amide bonds. The Morgan fingerprint density at radius 3 is 2.39 bits per heavy atom. The maximum Gasteiger partial charge on any atom is 0.416 e. The lowest BCUT2D eigenvalue weighted by Gasteiger charge is -2.21. The second-order valence-electron chi connectivity index (χ2n) is 5.05. The number of nitrogens with two attached hydrogens (primary N) is 1. The molecule has 0 atom stereocenters. The van der Waals surface area contributed by atoms with Gasteiger partial charge in [0.05, 0.1) is 5.56 Å². The summed E-state index contributed by atoms with van der Waals surface area (Å²) in [6.45, 7) is 3.91. The third-order valence-corrected chi connectivity index (χ3v) is 2.70. The number of rotatable bonds is 4. The summed E-state index contributed by atoms with van der Waals surface area (Å²) in [6, 6.07) is 4.47. The molecule has 0 saturated carbocycles. The van der Waals surface area contributed by atoms with Gasteiger partial charge in [0.1, 0.15) is 0 Å². The van der Waals surface area contributed by atoms with E-state index >= 15 is 0 Å². The normalized spacial score (nSPS) is 12.6. The molecule has 1 rings (SSSR count). The SMILES string of the molecule is CC(C)(CN)CC(=O)c1cccc(C(F)(F)F)c1. The minimum Gasteiger partial charge on any atom is -0.330 e. The van der Waals surface area contributed by atoms with E-state index in [-0.39, 0.29) is 17.8 Å². The summed E-state index contributed by atoms with van der Waals surface area (Å²) in [5.41, 5.74) is 4.36. The van der Waals surface area contributed by atoms with E-state index in [1.54, 1.807) is 13.8 Å². The Labute approximate surface area is 104 Å². The summed E-state index contributed by atoms with van der Waals surface area (Å²) in [4.78, 5) is 11.9. The Bertz CT molecular complexity index is 438. The summed E-state index contributed by atoms with van der Waals surface area (Å²) in [5.74, 6) is -0.323. The number of Topliss-reactive ketones (excluding diaryl/α,β-unsaturated/α-hetero) is 1. The summed E-state index contributed by atoms with van der Waals surface area (Å²) in [5, 5.41) is 0. The summed E-state index contributed by atoms with van der Waals surface area (Å²) >= 11 is 0. The highest BCUT2D eigenvalue weighted by molar-refractivity contribution is 5.96. The van der Waals surface area contributed by atoms with Crippen LogP contribution in [0.1, 0.15) is 36.2 Å². The lowest BCUT2D eigenvalue weighted by Crippen LogP contribution is -2.26. The van der Waals surface area contributed by atoms with E-state index in [1.165, 1.54) is 12.1 Å². The highest BCUT2D eigenvalue weighted by atomic mass is 19.4. The van der Waals surface area contributed by atoms with Gasteiger partial charge in [0.2, 0.25) is 0 Å². The van der Waals surface area contributed by atoms with Gasteiger partial charge in [-0.1, -0.05) is 26.0 Å². The standard InChI is InChI=1S/C13H16F3NO/c1-12(2,8-17)7-11(18)9-4-3-5-10(6-9)13(14,15)16/h3-6H,7-8,17H2,1-2H3. The van der Waals surface area contributed by atoms with E-state index < -0.39 is 17.2 Å². The van der Waals surface area contributed by atoms with Gasteiger partial charge in [-0.05, 0) is 24.1 Å². The Morgan fingerprint density at radius 2 is 1.89 bits per heavy atom. The maximum atomic E-state index is 12.5. The average molecular weight is 259 g/mol. The fourth-order valence-electron chi connectivity index (χ4n) is 1.48. The molecule has 0 unspecified atom stereocenters. The maximum absolute atomic E-state index is 12.5. The van der Waals surface area contributed by atoms with E-state index in [4.69, 9.17) is 5.73 Å². The van der Waals surface area contributed by atoms with Gasteiger partial charge < -0.3 is 5.73 Å². The molecule has 0 saturated heterocycles. The number of hydrogen-bond acceptors (Lipinski definition) is 2. The largest absolute Gasteiger partial charge is 0.416 e. The first-order valence-electron chi connectivity index (χ1n) is 5.56. The summed E-state index contributed by atoms with van der Waals surface area (Å²) < 4.78 is 37.5. The van der Waals surface area contributed by atoms with Crippen LogP contribution in [0.2, 0.25) is 0 Å². The van der Waals surface area contributed by atoms with E-state index in [2.05, 4.69) is 0 Å². The first kappa shape index (κ1) is 14.7. The van der Waals surface area contributed by atoms with Crippen LogP contribution in [0, 0.1) is 5.41 Å². The predicted molar refractivity (Wildman–Crippen MR) is 63.2 cm³/mol. The molecular weight excluding hydrogens is 243 g/mol. The Morgan fingerprint density at radius 1 is 1.28 bits per heavy atom. The van der Waals surface area contributed by atoms with Gasteiger partial charge in [0.15, 0.2) is 5.78 Å². The molecule has 1 aromatic rings. The van der Waals surface area contributed by atoms with Crippen LogP contribution in [0.3, 0.4) is 0 Å². The Kier molecular flexibility index (Phi) is 4.16. The van der Waals surface area contributed by atoms with Gasteiger partial charge in [-0.15, -0.1) is 0 Å². The van der Waals surface area contributed by atoms with Gasteiger partial charge in [0.25, 0.3) is 0 Å². The number of carbonyl (C=O) groups is 1. The van der Waals surface area contributed by atoms with Crippen LogP contribution in [0.4, 0.5) is 13.2 Å². The zero-order chi connectivity index (χ0) is 14.0. The first-order chi connectivity index (χ1) is 8.15. The third-order valence-electron chi connectivity index (χ3n) is 2.70. The number of hydrogen-bond donors (Lipinski definition) is 1. The molecule has 0 aliphatic carbocycles. The summed E-state index contributed by atoms with van der Waals surface area (Å²) in [7, 11) is 0. The van der Waals surface area contributed by atoms with Crippen molar-refractivity contribution in [3.05, 3.63) is 35.4 Å². The van der Waals surface area contributed by atoms with E-state index in [0.717, 1.165) is 12.1 Å². The van der Waals surface area contributed by atoms with Crippen molar-refractivity contribution >= 4 is 5.78 Å². The van der Waals surface area contributed by atoms with Crippen molar-refractivity contribution < 1.29 is 18.0 Å². The van der Waals surface area contributed by atoms with Crippen LogP contribution in [0.15, 0.2) is 24.3 Å². The quantitative estimate of drug-likeness (QED) is 0.843. The van der Waals surface area contributed by atoms with Crippen LogP contribution in [-0.2, 0) is 6.18 Å². The molecule has 18 heavy (non-hydrogen) atoms. The smallest absolute Gasteiger partial charge is 0.330 e. The lowest BCUT2D eigenvalue weighted by atomic mass is 9.85. The van der Waals surface area contributed by atoms with Crippen molar-refractivity contribution in [2.24, 2.45) is 11.1 Å². The lowest BCUT2D eigenvalue weighted by molar-refractivity contribution is -0.137. The molecule has 100 valence electrons. The monoisotopic (exact) mass is 259 g/mol. The van der Waals surface area contributed by atoms with Crippen LogP contribution < -0.4 is 5.73 Å². The number of halogens is 3. The molecule has 0 bridgehead atoms. The van der Waals surface area contributed by atoms with Crippen LogP contribution in [0.25, 0.3) is 0 Å². The van der Waals surface area contributed by atoms with Crippen LogP contribution in [-0.4, -0.2) is 12.3 Å². The third kappa shape index (κ3) is 3.84. The van der Waals surface area contributed by atoms with Crippen molar-refractivity contribution in [3.63, 3.8) is 0 Å². The zero-order valence-corrected chi connectivity index (χ0v) is 10.3. The molecule has 0 aliphatic heterocycles. The topological polar surface area (TPSA) is 43.1 Å². The van der Waals surface area contributed by atoms with Crippen molar-refractivity contribution in [3.8, 4) is 0 Å². The molecule has 0 radical (unpaired) electrons. The van der Waals surface area contributed by atoms with E-state index in [0.29, 0.717) is 6.54 Å². The van der Waals surface area contributed by atoms with E-state index in [1.807, 2.05) is 0 Å². The Balaban J connectivity index is 2.94. The number of carbonyl (C=O) groups excluding carboxylic acids is 1. The number of ketones is 1. The van der Waals surface area contributed by atoms with Crippen molar-refractivity contribution in [1.29, 1.82) is 0 Å². The van der Waals surface area contributed by atoms with Crippen LogP contribution >= 0.6 is 0 Å². The van der Waals surface area contributed by atoms with Crippen molar-refractivity contribution in [2.75, 3.05) is 6.54 Å². The first-order valence-corrected chi connectivity index (χ1v) is 5.56. The second-order valence-corrected chi connectivity index (χ2v) is 5.05. The molecule has 0 aromatic heterocycles. The summed E-state index contributed by atoms with van der Waals surface area (Å²) in [6.07, 6.45) is -4.30. The minimum atomic E-state index is -4.43. The zero-order valence-electron chi connectivity index (χ0n) is 10.3. The second kappa shape index (κ2) is 5.10. The number of alkyl halides is 3. The fourth-order valence-corrected chi connectivity index (χ4v) is 1.48. The number of benzene rings is 1. The predicted octanol–water partition coefficient (Wildman–Crippen LogP) is 3.26. The molecule has 0 aliphatic rings. The highest BCUT2D eigenvalue weighted by Crippen LogP contribution is 2.30. The van der Waals surface area contributed by atoms with Gasteiger partial charge in [-0.3, -0.25) is 4.79 Å². The van der Waals surface area contributed by atoms with Gasteiger partial charge in [-0.25, -0.2) is 0 Å². The van der Waals surface area contributed by atoms with Gasteiger partial charge in [-0.2, -0.15) is 13.2 Å². The molecule has 1 aromatic carbocycles.